The third-order valence-electron chi connectivity index (χ3n) is 5.56. The molecule has 2 N–H and O–H groups in total. The third kappa shape index (κ3) is 7.58. The van der Waals surface area contributed by atoms with E-state index in [0.717, 1.165) is 0 Å². The number of nitrogens with zero attached hydrogens (tertiary/aromatic N) is 5. The number of ketones is 1. The van der Waals surface area contributed by atoms with Crippen molar-refractivity contribution in [2.75, 3.05) is 24.9 Å². The van der Waals surface area contributed by atoms with Crippen LogP contribution in [0.5, 0.6) is 17.2 Å². The van der Waals surface area contributed by atoms with Crippen LogP contribution in [0.1, 0.15) is 24.7 Å². The molecule has 0 aliphatic rings. The Labute approximate surface area is 231 Å². The van der Waals surface area contributed by atoms with Gasteiger partial charge in [-0.2, -0.15) is 13.9 Å². The van der Waals surface area contributed by atoms with Gasteiger partial charge in [0.05, 0.1) is 27.0 Å². The van der Waals surface area contributed by atoms with E-state index in [4.69, 9.17) is 9.47 Å². The number of anilines is 3. The highest BCUT2D eigenvalue weighted by Gasteiger charge is 2.18. The van der Waals surface area contributed by atoms with E-state index in [0.29, 0.717) is 22.6 Å². The highest BCUT2D eigenvalue weighted by Crippen LogP contribution is 2.33. The molecule has 0 aliphatic carbocycles. The lowest BCUT2D eigenvalue weighted by Gasteiger charge is -2.14. The van der Waals surface area contributed by atoms with Crippen LogP contribution in [0.25, 0.3) is 11.1 Å². The molecule has 0 spiro atoms. The first-order valence-corrected chi connectivity index (χ1v) is 12.0. The molecule has 0 atom stereocenters. The maximum Gasteiger partial charge on any atom is 0.387 e. The van der Waals surface area contributed by atoms with Crippen molar-refractivity contribution in [3.05, 3.63) is 60.3 Å². The van der Waals surface area contributed by atoms with Crippen LogP contribution in [0.3, 0.4) is 0 Å². The number of hydrogen-bond donors (Lipinski definition) is 2. The minimum atomic E-state index is -3.16. The number of benzene rings is 1. The first kappa shape index (κ1) is 29.0. The van der Waals surface area contributed by atoms with Crippen LogP contribution in [-0.4, -0.2) is 51.3 Å². The molecule has 3 heterocycles. The third-order valence-corrected chi connectivity index (χ3v) is 5.56. The molecule has 4 rings (SSSR count). The van der Waals surface area contributed by atoms with Crippen LogP contribution < -0.4 is 24.8 Å². The summed E-state index contributed by atoms with van der Waals surface area (Å²) in [5.74, 6) is -0.0932. The van der Waals surface area contributed by atoms with Gasteiger partial charge in [0.15, 0.2) is 11.6 Å². The fourth-order valence-corrected chi connectivity index (χ4v) is 3.77. The summed E-state index contributed by atoms with van der Waals surface area (Å²) < 4.78 is 70.2. The van der Waals surface area contributed by atoms with E-state index in [-0.39, 0.29) is 47.6 Å². The Hall–Kier alpha value is -4.95. The Morgan fingerprint density at radius 3 is 2.44 bits per heavy atom. The maximum absolute atomic E-state index is 13.6. The lowest BCUT2D eigenvalue weighted by atomic mass is 10.1. The molecule has 3 aromatic heterocycles. The van der Waals surface area contributed by atoms with Crippen molar-refractivity contribution in [3.8, 4) is 28.4 Å². The number of halogens is 4. The van der Waals surface area contributed by atoms with Gasteiger partial charge in [0.1, 0.15) is 34.7 Å². The van der Waals surface area contributed by atoms with E-state index in [1.165, 1.54) is 56.5 Å². The molecule has 1 aromatic carbocycles. The van der Waals surface area contributed by atoms with Gasteiger partial charge >= 0.3 is 6.61 Å². The number of ether oxygens (including phenoxy) is 3. The normalized spacial score (nSPS) is 11.0. The molecule has 15 heteroatoms. The number of aromatic nitrogens is 5. The second-order valence-electron chi connectivity index (χ2n) is 8.53. The van der Waals surface area contributed by atoms with Crippen LogP contribution in [0, 0.1) is 0 Å². The van der Waals surface area contributed by atoms with Crippen LogP contribution in [-0.2, 0) is 17.9 Å². The van der Waals surface area contributed by atoms with E-state index in [2.05, 4.69) is 35.4 Å². The van der Waals surface area contributed by atoms with E-state index in [1.807, 2.05) is 0 Å². The SMILES string of the molecule is COc1ccc(CNc2cc(Nc3cc(OC(F)F)c(-c4cnn(CC(C)=O)c4)cn3)nc(C(F)F)n2)c(OC)c1. The molecule has 0 fully saturated rings. The van der Waals surface area contributed by atoms with Gasteiger partial charge in [0.25, 0.3) is 6.43 Å². The Morgan fingerprint density at radius 1 is 0.976 bits per heavy atom. The lowest BCUT2D eigenvalue weighted by Crippen LogP contribution is -2.09. The Balaban J connectivity index is 1.59. The predicted octanol–water partition coefficient (Wildman–Crippen LogP) is 5.24. The molecular formula is C26H25F4N7O4. The highest BCUT2D eigenvalue weighted by atomic mass is 19.3. The number of Topliss-reactive ketones (excluding diaryl/α,β-unsaturated/α-hetero) is 1. The van der Waals surface area contributed by atoms with Gasteiger partial charge in [-0.3, -0.25) is 9.48 Å². The van der Waals surface area contributed by atoms with Crippen molar-refractivity contribution < 1.29 is 36.6 Å². The van der Waals surface area contributed by atoms with E-state index < -0.39 is 18.9 Å². The Kier molecular flexibility index (Phi) is 9.16. The first-order valence-electron chi connectivity index (χ1n) is 12.0. The summed E-state index contributed by atoms with van der Waals surface area (Å²) in [6, 6.07) is 7.68. The van der Waals surface area contributed by atoms with Crippen molar-refractivity contribution in [3.63, 3.8) is 0 Å². The maximum atomic E-state index is 13.6. The van der Waals surface area contributed by atoms with Gasteiger partial charge in [0.2, 0.25) is 0 Å². The molecule has 216 valence electrons. The van der Waals surface area contributed by atoms with Crippen LogP contribution in [0.4, 0.5) is 35.0 Å². The summed E-state index contributed by atoms with van der Waals surface area (Å²) in [6.07, 6.45) is 1.12. The molecule has 41 heavy (non-hydrogen) atoms. The summed E-state index contributed by atoms with van der Waals surface area (Å²) in [7, 11) is 3.01. The number of rotatable bonds is 13. The van der Waals surface area contributed by atoms with Crippen molar-refractivity contribution in [1.82, 2.24) is 24.7 Å². The highest BCUT2D eigenvalue weighted by molar-refractivity contribution is 5.76. The predicted molar refractivity (Wildman–Crippen MR) is 140 cm³/mol. The zero-order valence-corrected chi connectivity index (χ0v) is 22.1. The monoisotopic (exact) mass is 575 g/mol. The second-order valence-corrected chi connectivity index (χ2v) is 8.53. The topological polar surface area (TPSA) is 125 Å². The van der Waals surface area contributed by atoms with Gasteiger partial charge in [-0.25, -0.2) is 23.7 Å². The number of alkyl halides is 4. The summed E-state index contributed by atoms with van der Waals surface area (Å²) in [5, 5.41) is 9.73. The molecule has 0 unspecified atom stereocenters. The van der Waals surface area contributed by atoms with Gasteiger partial charge in [-0.15, -0.1) is 0 Å². The van der Waals surface area contributed by atoms with E-state index in [1.54, 1.807) is 18.2 Å². The standard InChI is InChI=1S/C26H25F4N7O4/c1-14(38)12-37-13-16(10-33-37)18-11-32-21(7-20(18)41-26(29)30)34-23-8-22(35-25(36-23)24(27)28)31-9-15-4-5-17(39-2)6-19(15)40-3/h4-8,10-11,13,24,26H,9,12H2,1-3H3,(H2,31,32,34,35,36). The number of pyridine rings is 1. The fraction of sp³-hybridized carbons (Fsp3) is 0.269. The largest absolute Gasteiger partial charge is 0.497 e. The van der Waals surface area contributed by atoms with Gasteiger partial charge in [-0.1, -0.05) is 0 Å². The van der Waals surface area contributed by atoms with Gasteiger partial charge in [0, 0.05) is 53.8 Å². The first-order chi connectivity index (χ1) is 19.6. The average Bonchev–Trinajstić information content (AvgIpc) is 3.38. The van der Waals surface area contributed by atoms with Crippen LogP contribution >= 0.6 is 0 Å². The molecule has 0 radical (unpaired) electrons. The molecular weight excluding hydrogens is 550 g/mol. The summed E-state index contributed by atoms with van der Waals surface area (Å²) in [4.78, 5) is 23.2. The molecule has 0 aliphatic heterocycles. The molecule has 11 nitrogen and oxygen atoms in total. The molecule has 0 amide bonds. The molecule has 4 aromatic rings. The summed E-state index contributed by atoms with van der Waals surface area (Å²) in [5.41, 5.74) is 1.26. The number of carbonyl (C=O) groups is 1. The Morgan fingerprint density at radius 2 is 1.76 bits per heavy atom. The molecule has 0 saturated carbocycles. The van der Waals surface area contributed by atoms with Crippen molar-refractivity contribution in [1.29, 1.82) is 0 Å². The zero-order chi connectivity index (χ0) is 29.5. The second kappa shape index (κ2) is 12.9. The number of hydrogen-bond acceptors (Lipinski definition) is 10. The van der Waals surface area contributed by atoms with Crippen LogP contribution in [0.2, 0.25) is 0 Å². The summed E-state index contributed by atoms with van der Waals surface area (Å²) in [6.45, 7) is -1.60. The minimum absolute atomic E-state index is 0.0000965. The average molecular weight is 576 g/mol. The molecule has 0 bridgehead atoms. The van der Waals surface area contributed by atoms with Gasteiger partial charge in [-0.05, 0) is 19.1 Å². The van der Waals surface area contributed by atoms with Crippen molar-refractivity contribution in [2.24, 2.45) is 0 Å². The molecule has 0 saturated heterocycles. The Bertz CT molecular complexity index is 1520. The fourth-order valence-electron chi connectivity index (χ4n) is 3.77. The smallest absolute Gasteiger partial charge is 0.387 e. The lowest BCUT2D eigenvalue weighted by molar-refractivity contribution is -0.117. The van der Waals surface area contributed by atoms with E-state index >= 15 is 0 Å². The van der Waals surface area contributed by atoms with E-state index in [9.17, 15) is 22.4 Å². The van der Waals surface area contributed by atoms with Crippen molar-refractivity contribution in [2.45, 2.75) is 33.1 Å². The number of methoxy groups -OCH3 is 2. The van der Waals surface area contributed by atoms with Gasteiger partial charge < -0.3 is 24.8 Å². The number of nitrogens with one attached hydrogen (secondary N) is 2. The summed E-state index contributed by atoms with van der Waals surface area (Å²) >= 11 is 0. The zero-order valence-electron chi connectivity index (χ0n) is 22.1. The minimum Gasteiger partial charge on any atom is -0.497 e. The van der Waals surface area contributed by atoms with Crippen molar-refractivity contribution >= 4 is 23.2 Å². The van der Waals surface area contributed by atoms with Crippen LogP contribution in [0.15, 0.2) is 48.9 Å². The number of carbonyl (C=O) groups excluding carboxylic acids is 1. The quantitative estimate of drug-likeness (QED) is 0.205.